The first-order valence-corrected chi connectivity index (χ1v) is 7.38. The lowest BCUT2D eigenvalue weighted by Gasteiger charge is -2.03. The fraction of sp³-hybridized carbons (Fsp3) is 0.0667. The Labute approximate surface area is 136 Å². The minimum absolute atomic E-state index is 0.227. The van der Waals surface area contributed by atoms with Crippen LogP contribution in [0.15, 0.2) is 53.6 Å². The van der Waals surface area contributed by atoms with E-state index in [-0.39, 0.29) is 5.91 Å². The first kappa shape index (κ1) is 15.0. The van der Waals surface area contributed by atoms with Crippen molar-refractivity contribution < 1.29 is 4.79 Å². The van der Waals surface area contributed by atoms with Crippen molar-refractivity contribution in [2.75, 3.05) is 0 Å². The summed E-state index contributed by atoms with van der Waals surface area (Å²) in [7, 11) is 0. The normalized spacial score (nSPS) is 11.2. The van der Waals surface area contributed by atoms with Gasteiger partial charge in [0.05, 0.1) is 5.71 Å². The minimum atomic E-state index is -0.227. The summed E-state index contributed by atoms with van der Waals surface area (Å²) in [5.41, 5.74) is 4.76. The summed E-state index contributed by atoms with van der Waals surface area (Å²) >= 11 is 8.02. The lowest BCUT2D eigenvalue weighted by molar-refractivity contribution is 0.0955. The van der Waals surface area contributed by atoms with Crippen molar-refractivity contribution in [3.8, 4) is 0 Å². The van der Waals surface area contributed by atoms with E-state index in [2.05, 4.69) is 33.1 Å². The molecule has 0 heterocycles. The fourth-order valence-electron chi connectivity index (χ4n) is 1.56. The molecule has 0 spiro atoms. The second kappa shape index (κ2) is 6.85. The van der Waals surface area contributed by atoms with Crippen LogP contribution in [0.25, 0.3) is 0 Å². The third-order valence-electron chi connectivity index (χ3n) is 2.69. The maximum absolute atomic E-state index is 11.9. The van der Waals surface area contributed by atoms with Crippen molar-refractivity contribution >= 4 is 45.8 Å². The largest absolute Gasteiger partial charge is 0.271 e. The SMILES string of the molecule is C/C(=N/NC(=O)c1ccc(I)cc1)c1ccc(Cl)cc1. The molecule has 102 valence electrons. The van der Waals surface area contributed by atoms with Crippen LogP contribution >= 0.6 is 34.2 Å². The number of carbonyl (C=O) groups is 1. The molecule has 0 fully saturated rings. The van der Waals surface area contributed by atoms with Gasteiger partial charge < -0.3 is 0 Å². The average molecular weight is 399 g/mol. The van der Waals surface area contributed by atoms with Gasteiger partial charge in [0, 0.05) is 14.2 Å². The average Bonchev–Trinajstić information content (AvgIpc) is 2.46. The van der Waals surface area contributed by atoms with Crippen molar-refractivity contribution in [3.63, 3.8) is 0 Å². The van der Waals surface area contributed by atoms with Crippen molar-refractivity contribution in [3.05, 3.63) is 68.3 Å². The monoisotopic (exact) mass is 398 g/mol. The highest BCUT2D eigenvalue weighted by Crippen LogP contribution is 2.10. The number of nitrogens with zero attached hydrogens (tertiary/aromatic N) is 1. The minimum Gasteiger partial charge on any atom is -0.267 e. The molecule has 0 atom stereocenters. The van der Waals surface area contributed by atoms with Gasteiger partial charge in [-0.05, 0) is 71.5 Å². The molecular weight excluding hydrogens is 387 g/mol. The molecule has 5 heteroatoms. The Morgan fingerprint density at radius 2 is 1.60 bits per heavy atom. The number of hydrogen-bond acceptors (Lipinski definition) is 2. The Morgan fingerprint density at radius 1 is 1.05 bits per heavy atom. The van der Waals surface area contributed by atoms with Crippen molar-refractivity contribution in [1.29, 1.82) is 0 Å². The van der Waals surface area contributed by atoms with Gasteiger partial charge in [0.15, 0.2) is 0 Å². The van der Waals surface area contributed by atoms with Crippen molar-refractivity contribution in [2.24, 2.45) is 5.10 Å². The fourth-order valence-corrected chi connectivity index (χ4v) is 2.04. The Hall–Kier alpha value is -1.40. The van der Waals surface area contributed by atoms with Gasteiger partial charge in [-0.15, -0.1) is 0 Å². The van der Waals surface area contributed by atoms with Crippen LogP contribution in [0.1, 0.15) is 22.8 Å². The molecule has 0 saturated heterocycles. The van der Waals surface area contributed by atoms with E-state index in [1.807, 2.05) is 31.2 Å². The molecule has 3 nitrogen and oxygen atoms in total. The number of hydrogen-bond donors (Lipinski definition) is 1. The lowest BCUT2D eigenvalue weighted by atomic mass is 10.1. The van der Waals surface area contributed by atoms with Gasteiger partial charge in [0.1, 0.15) is 0 Å². The van der Waals surface area contributed by atoms with E-state index in [9.17, 15) is 4.79 Å². The predicted octanol–water partition coefficient (Wildman–Crippen LogP) is 4.10. The molecule has 0 bridgehead atoms. The van der Waals surface area contributed by atoms with E-state index in [0.717, 1.165) is 14.8 Å². The predicted molar refractivity (Wildman–Crippen MR) is 90.3 cm³/mol. The molecule has 0 radical (unpaired) electrons. The molecule has 0 unspecified atom stereocenters. The van der Waals surface area contributed by atoms with Crippen LogP contribution in [0.4, 0.5) is 0 Å². The van der Waals surface area contributed by atoms with E-state index < -0.39 is 0 Å². The standard InChI is InChI=1S/C15H12ClIN2O/c1-10(11-2-6-13(16)7-3-11)18-19-15(20)12-4-8-14(17)9-5-12/h2-9H,1H3,(H,19,20)/b18-10-. The van der Waals surface area contributed by atoms with Gasteiger partial charge >= 0.3 is 0 Å². The summed E-state index contributed by atoms with van der Waals surface area (Å²) in [5, 5.41) is 4.77. The summed E-state index contributed by atoms with van der Waals surface area (Å²) < 4.78 is 1.08. The first-order valence-electron chi connectivity index (χ1n) is 5.92. The summed E-state index contributed by atoms with van der Waals surface area (Å²) in [6.45, 7) is 1.83. The van der Waals surface area contributed by atoms with E-state index in [4.69, 9.17) is 11.6 Å². The molecule has 1 N–H and O–H groups in total. The zero-order chi connectivity index (χ0) is 14.5. The molecule has 0 saturated carbocycles. The van der Waals surface area contributed by atoms with E-state index in [1.54, 1.807) is 24.3 Å². The summed E-state index contributed by atoms with van der Waals surface area (Å²) in [6.07, 6.45) is 0. The molecule has 2 aromatic rings. The topological polar surface area (TPSA) is 41.5 Å². The van der Waals surface area contributed by atoms with Gasteiger partial charge in [-0.3, -0.25) is 4.79 Å². The van der Waals surface area contributed by atoms with Crippen LogP contribution in [0.2, 0.25) is 5.02 Å². The second-order valence-electron chi connectivity index (χ2n) is 4.15. The molecule has 0 aliphatic heterocycles. The Morgan fingerprint density at radius 3 is 2.20 bits per heavy atom. The second-order valence-corrected chi connectivity index (χ2v) is 5.83. The zero-order valence-corrected chi connectivity index (χ0v) is 13.6. The molecule has 2 aromatic carbocycles. The highest BCUT2D eigenvalue weighted by atomic mass is 127. The van der Waals surface area contributed by atoms with Crippen LogP contribution < -0.4 is 5.43 Å². The number of halogens is 2. The van der Waals surface area contributed by atoms with E-state index in [1.165, 1.54) is 0 Å². The number of amides is 1. The number of hydrazone groups is 1. The highest BCUT2D eigenvalue weighted by molar-refractivity contribution is 14.1. The quantitative estimate of drug-likeness (QED) is 0.472. The third kappa shape index (κ3) is 4.05. The van der Waals surface area contributed by atoms with Gasteiger partial charge in [-0.2, -0.15) is 5.10 Å². The maximum Gasteiger partial charge on any atom is 0.271 e. The van der Waals surface area contributed by atoms with E-state index >= 15 is 0 Å². The molecule has 2 rings (SSSR count). The molecule has 0 aromatic heterocycles. The van der Waals surface area contributed by atoms with Crippen LogP contribution in [0.3, 0.4) is 0 Å². The van der Waals surface area contributed by atoms with Crippen LogP contribution in [-0.4, -0.2) is 11.6 Å². The molecular formula is C15H12ClIN2O. The van der Waals surface area contributed by atoms with Gasteiger partial charge in [-0.25, -0.2) is 5.43 Å². The van der Waals surface area contributed by atoms with Gasteiger partial charge in [0.25, 0.3) is 5.91 Å². The summed E-state index contributed by atoms with van der Waals surface area (Å²) in [6, 6.07) is 14.6. The highest BCUT2D eigenvalue weighted by Gasteiger charge is 2.04. The third-order valence-corrected chi connectivity index (χ3v) is 3.66. The molecule has 0 aliphatic rings. The Kier molecular flexibility index (Phi) is 5.14. The van der Waals surface area contributed by atoms with E-state index in [0.29, 0.717) is 10.6 Å². The lowest BCUT2D eigenvalue weighted by Crippen LogP contribution is -2.19. The Balaban J connectivity index is 2.06. The van der Waals surface area contributed by atoms with Crippen LogP contribution in [-0.2, 0) is 0 Å². The molecule has 1 amide bonds. The first-order chi connectivity index (χ1) is 9.56. The van der Waals surface area contributed by atoms with Crippen molar-refractivity contribution in [1.82, 2.24) is 5.43 Å². The van der Waals surface area contributed by atoms with Crippen LogP contribution in [0, 0.1) is 3.57 Å². The summed E-state index contributed by atoms with van der Waals surface area (Å²) in [5.74, 6) is -0.227. The molecule has 0 aliphatic carbocycles. The number of carbonyl (C=O) groups excluding carboxylic acids is 1. The van der Waals surface area contributed by atoms with Crippen molar-refractivity contribution in [2.45, 2.75) is 6.92 Å². The number of benzene rings is 2. The smallest absolute Gasteiger partial charge is 0.267 e. The van der Waals surface area contributed by atoms with Crippen LogP contribution in [0.5, 0.6) is 0 Å². The van der Waals surface area contributed by atoms with Gasteiger partial charge in [-0.1, -0.05) is 23.7 Å². The maximum atomic E-state index is 11.9. The van der Waals surface area contributed by atoms with Gasteiger partial charge in [0.2, 0.25) is 0 Å². The summed E-state index contributed by atoms with van der Waals surface area (Å²) in [4.78, 5) is 11.9. The Bertz CT molecular complexity index is 636. The number of rotatable bonds is 3. The molecule has 20 heavy (non-hydrogen) atoms. The zero-order valence-electron chi connectivity index (χ0n) is 10.7. The number of nitrogens with one attached hydrogen (secondary N) is 1.